The van der Waals surface area contributed by atoms with Crippen LogP contribution in [0.1, 0.15) is 18.5 Å². The van der Waals surface area contributed by atoms with Gasteiger partial charge in [-0.25, -0.2) is 9.18 Å². The summed E-state index contributed by atoms with van der Waals surface area (Å²) < 4.78 is 14.9. The number of anilines is 1. The summed E-state index contributed by atoms with van der Waals surface area (Å²) in [6, 6.07) is 4.33. The zero-order valence-corrected chi connectivity index (χ0v) is 13.9. The first-order valence-corrected chi connectivity index (χ1v) is 7.43. The number of nitrogens with zero attached hydrogens (tertiary/aromatic N) is 1. The van der Waals surface area contributed by atoms with Crippen LogP contribution in [0.5, 0.6) is 0 Å². The van der Waals surface area contributed by atoms with Crippen LogP contribution < -0.4 is 16.2 Å². The highest BCUT2D eigenvalue weighted by atomic mass is 35.5. The number of nitrogens with one attached hydrogen (secondary N) is 2. The Labute approximate surface area is 142 Å². The molecule has 0 spiro atoms. The molecule has 0 aliphatic carbocycles. The van der Waals surface area contributed by atoms with Gasteiger partial charge in [-0.15, -0.1) is 0 Å². The second-order valence-corrected chi connectivity index (χ2v) is 5.70. The highest BCUT2D eigenvalue weighted by Crippen LogP contribution is 2.32. The van der Waals surface area contributed by atoms with E-state index in [2.05, 4.69) is 10.6 Å². The van der Waals surface area contributed by atoms with Gasteiger partial charge in [0.1, 0.15) is 11.5 Å². The molecule has 1 atom stereocenters. The van der Waals surface area contributed by atoms with E-state index in [0.29, 0.717) is 0 Å². The molecule has 0 bridgehead atoms. The molecule has 0 aliphatic rings. The summed E-state index contributed by atoms with van der Waals surface area (Å²) in [5.41, 5.74) is 0.0395. The Balaban J connectivity index is 2.16. The highest BCUT2D eigenvalue weighted by Gasteiger charge is 2.19. The fourth-order valence-electron chi connectivity index (χ4n) is 2.06. The molecule has 1 heterocycles. The van der Waals surface area contributed by atoms with E-state index in [0.717, 1.165) is 6.07 Å². The van der Waals surface area contributed by atoms with Gasteiger partial charge in [-0.05, 0) is 31.2 Å². The van der Waals surface area contributed by atoms with Crippen molar-refractivity contribution < 1.29 is 9.18 Å². The van der Waals surface area contributed by atoms with E-state index in [1.54, 1.807) is 26.2 Å². The summed E-state index contributed by atoms with van der Waals surface area (Å²) in [5, 5.41) is 5.09. The lowest BCUT2D eigenvalue weighted by Crippen LogP contribution is -2.34. The molecule has 5 nitrogen and oxygen atoms in total. The molecule has 8 heteroatoms. The van der Waals surface area contributed by atoms with E-state index in [1.807, 2.05) is 0 Å². The van der Waals surface area contributed by atoms with Crippen molar-refractivity contribution in [3.05, 3.63) is 62.2 Å². The maximum absolute atomic E-state index is 13.5. The Kier molecular flexibility index (Phi) is 5.28. The first kappa shape index (κ1) is 17.3. The average Bonchev–Trinajstić information content (AvgIpc) is 2.48. The van der Waals surface area contributed by atoms with Gasteiger partial charge in [0, 0.05) is 23.8 Å². The Morgan fingerprint density at radius 3 is 2.70 bits per heavy atom. The largest absolute Gasteiger partial charge is 0.331 e. The van der Waals surface area contributed by atoms with Crippen LogP contribution in [-0.4, -0.2) is 10.6 Å². The number of rotatable bonds is 3. The van der Waals surface area contributed by atoms with Gasteiger partial charge in [0.05, 0.1) is 11.1 Å². The third-order valence-corrected chi connectivity index (χ3v) is 3.95. The zero-order chi connectivity index (χ0) is 17.1. The summed E-state index contributed by atoms with van der Waals surface area (Å²) in [7, 11) is 1.57. The summed E-state index contributed by atoms with van der Waals surface area (Å²) in [6.45, 7) is 1.61. The number of aryl methyl sites for hydroxylation is 1. The maximum atomic E-state index is 13.5. The normalized spacial score (nSPS) is 11.9. The smallest absolute Gasteiger partial charge is 0.319 e. The monoisotopic (exact) mass is 357 g/mol. The van der Waals surface area contributed by atoms with Gasteiger partial charge >= 0.3 is 6.03 Å². The maximum Gasteiger partial charge on any atom is 0.319 e. The van der Waals surface area contributed by atoms with Crippen molar-refractivity contribution in [2.24, 2.45) is 7.05 Å². The van der Waals surface area contributed by atoms with Gasteiger partial charge < -0.3 is 15.2 Å². The number of carbonyl (C=O) groups excluding carboxylic acids is 1. The number of hydrogen-bond donors (Lipinski definition) is 2. The molecule has 2 rings (SSSR count). The molecular formula is C15H14Cl2FN3O2. The number of halogens is 3. The molecule has 0 aliphatic heterocycles. The minimum absolute atomic E-state index is 0.121. The summed E-state index contributed by atoms with van der Waals surface area (Å²) in [6.07, 6.45) is 1.57. The second kappa shape index (κ2) is 7.02. The van der Waals surface area contributed by atoms with E-state index in [-0.39, 0.29) is 26.9 Å². The standard InChI is InChI=1S/C15H14Cl2FN3O2/c1-8(12-9(16)5-6-10(18)13(12)17)19-15(23)20-11-4-3-7-21(2)14(11)22/h3-8H,1-2H3,(H2,19,20,23). The summed E-state index contributed by atoms with van der Waals surface area (Å²) in [5.74, 6) is -0.628. The molecule has 0 fully saturated rings. The van der Waals surface area contributed by atoms with Crippen molar-refractivity contribution in [3.8, 4) is 0 Å². The number of carbonyl (C=O) groups is 1. The lowest BCUT2D eigenvalue weighted by Gasteiger charge is -2.18. The van der Waals surface area contributed by atoms with Crippen molar-refractivity contribution in [1.82, 2.24) is 9.88 Å². The average molecular weight is 358 g/mol. The number of amides is 2. The fraction of sp³-hybridized carbons (Fsp3) is 0.200. The van der Waals surface area contributed by atoms with E-state index < -0.39 is 17.9 Å². The van der Waals surface area contributed by atoms with Crippen LogP contribution in [0.3, 0.4) is 0 Å². The molecule has 23 heavy (non-hydrogen) atoms. The Morgan fingerprint density at radius 1 is 1.30 bits per heavy atom. The van der Waals surface area contributed by atoms with Crippen molar-refractivity contribution in [2.45, 2.75) is 13.0 Å². The Bertz CT molecular complexity index is 808. The minimum atomic E-state index is -0.654. The Hall–Kier alpha value is -2.05. The van der Waals surface area contributed by atoms with E-state index >= 15 is 0 Å². The number of pyridine rings is 1. The van der Waals surface area contributed by atoms with Crippen molar-refractivity contribution in [1.29, 1.82) is 0 Å². The summed E-state index contributed by atoms with van der Waals surface area (Å²) in [4.78, 5) is 23.9. The predicted molar refractivity (Wildman–Crippen MR) is 88.7 cm³/mol. The molecule has 1 unspecified atom stereocenters. The van der Waals surface area contributed by atoms with Crippen molar-refractivity contribution in [3.63, 3.8) is 0 Å². The highest BCUT2D eigenvalue weighted by molar-refractivity contribution is 6.36. The topological polar surface area (TPSA) is 63.1 Å². The molecule has 1 aromatic heterocycles. The number of aromatic nitrogens is 1. The Morgan fingerprint density at radius 2 is 2.00 bits per heavy atom. The van der Waals surface area contributed by atoms with Crippen LogP contribution in [0.15, 0.2) is 35.3 Å². The van der Waals surface area contributed by atoms with Crippen LogP contribution in [0.25, 0.3) is 0 Å². The van der Waals surface area contributed by atoms with Crippen LogP contribution in [0.2, 0.25) is 10.0 Å². The van der Waals surface area contributed by atoms with E-state index in [1.165, 1.54) is 16.7 Å². The molecule has 0 radical (unpaired) electrons. The van der Waals surface area contributed by atoms with E-state index in [4.69, 9.17) is 23.2 Å². The van der Waals surface area contributed by atoms with Crippen LogP contribution in [-0.2, 0) is 7.05 Å². The molecule has 2 N–H and O–H groups in total. The first-order chi connectivity index (χ1) is 10.8. The number of urea groups is 1. The number of hydrogen-bond acceptors (Lipinski definition) is 2. The zero-order valence-electron chi connectivity index (χ0n) is 12.4. The molecule has 2 amide bonds. The van der Waals surface area contributed by atoms with Gasteiger partial charge in [0.2, 0.25) is 0 Å². The molecule has 0 saturated heterocycles. The van der Waals surface area contributed by atoms with Crippen LogP contribution in [0, 0.1) is 5.82 Å². The number of benzene rings is 1. The van der Waals surface area contributed by atoms with Gasteiger partial charge in [-0.2, -0.15) is 0 Å². The lowest BCUT2D eigenvalue weighted by molar-refractivity contribution is 0.249. The van der Waals surface area contributed by atoms with Crippen LogP contribution >= 0.6 is 23.2 Å². The van der Waals surface area contributed by atoms with Gasteiger partial charge in [-0.1, -0.05) is 23.2 Å². The minimum Gasteiger partial charge on any atom is -0.331 e. The lowest BCUT2D eigenvalue weighted by atomic mass is 10.1. The van der Waals surface area contributed by atoms with Crippen LogP contribution in [0.4, 0.5) is 14.9 Å². The molecule has 122 valence electrons. The van der Waals surface area contributed by atoms with Gasteiger partial charge in [0.25, 0.3) is 5.56 Å². The van der Waals surface area contributed by atoms with Gasteiger partial charge in [0.15, 0.2) is 0 Å². The van der Waals surface area contributed by atoms with E-state index in [9.17, 15) is 14.0 Å². The van der Waals surface area contributed by atoms with Crippen molar-refractivity contribution >= 4 is 34.9 Å². The molecule has 2 aromatic rings. The quantitative estimate of drug-likeness (QED) is 0.822. The second-order valence-electron chi connectivity index (χ2n) is 4.91. The SMILES string of the molecule is CC(NC(=O)Nc1cccn(C)c1=O)c1c(Cl)ccc(F)c1Cl. The fourth-order valence-corrected chi connectivity index (χ4v) is 2.76. The molecule has 1 aromatic carbocycles. The van der Waals surface area contributed by atoms with Gasteiger partial charge in [-0.3, -0.25) is 4.79 Å². The first-order valence-electron chi connectivity index (χ1n) is 6.67. The third-order valence-electron chi connectivity index (χ3n) is 3.23. The molecular weight excluding hydrogens is 344 g/mol. The van der Waals surface area contributed by atoms with Crippen molar-refractivity contribution in [2.75, 3.05) is 5.32 Å². The summed E-state index contributed by atoms with van der Waals surface area (Å²) >= 11 is 11.9. The molecule has 0 saturated carbocycles. The predicted octanol–water partition coefficient (Wildman–Crippen LogP) is 3.71. The third kappa shape index (κ3) is 3.83.